The molecule has 0 N–H and O–H groups in total. The Morgan fingerprint density at radius 2 is 0.925 bits per heavy atom. The van der Waals surface area contributed by atoms with Gasteiger partial charge >= 0.3 is 0 Å². The van der Waals surface area contributed by atoms with Gasteiger partial charge in [0.2, 0.25) is 0 Å². The molecule has 0 amide bonds. The molecule has 8 aromatic rings. The molecule has 0 unspecified atom stereocenters. The topological polar surface area (TPSA) is 144 Å². The van der Waals surface area contributed by atoms with Gasteiger partial charge in [-0.2, -0.15) is 10.2 Å². The third kappa shape index (κ3) is 10.4. The van der Waals surface area contributed by atoms with Crippen LogP contribution in [0.2, 0.25) is 0 Å². The number of hydrogen-bond donors (Lipinski definition) is 0. The Hall–Kier alpha value is -5.63. The zero-order valence-electron chi connectivity index (χ0n) is 37.6. The van der Waals surface area contributed by atoms with Crippen molar-refractivity contribution in [1.82, 2.24) is 68.7 Å². The Bertz CT molecular complexity index is 3020. The highest BCUT2D eigenvalue weighted by molar-refractivity contribution is 9.10. The molecule has 0 spiro atoms. The summed E-state index contributed by atoms with van der Waals surface area (Å²) in [5.41, 5.74) is 7.67. The second-order valence-electron chi connectivity index (χ2n) is 17.1. The van der Waals surface area contributed by atoms with E-state index < -0.39 is 9.84 Å². The van der Waals surface area contributed by atoms with Crippen LogP contribution in [0.5, 0.6) is 0 Å². The van der Waals surface area contributed by atoms with Gasteiger partial charge in [-0.3, -0.25) is 9.80 Å². The first-order valence-electron chi connectivity index (χ1n) is 22.0. The van der Waals surface area contributed by atoms with Crippen molar-refractivity contribution in [2.45, 2.75) is 32.8 Å². The van der Waals surface area contributed by atoms with Crippen LogP contribution in [-0.4, -0.2) is 163 Å². The van der Waals surface area contributed by atoms with E-state index in [0.29, 0.717) is 34.5 Å². The predicted molar refractivity (Wildman–Crippen MR) is 272 cm³/mol. The van der Waals surface area contributed by atoms with Gasteiger partial charge in [0.05, 0.1) is 39.7 Å². The van der Waals surface area contributed by atoms with Crippen LogP contribution in [0, 0.1) is 0 Å². The molecule has 8 heterocycles. The fourth-order valence-electron chi connectivity index (χ4n) is 8.67. The Kier molecular flexibility index (Phi) is 15.5. The lowest BCUT2D eigenvalue weighted by Crippen LogP contribution is -2.45. The highest BCUT2D eigenvalue weighted by atomic mass is 79.9. The van der Waals surface area contributed by atoms with Crippen LogP contribution in [0.4, 0.5) is 0 Å². The number of hydrogen-bond acceptors (Lipinski definition) is 12. The van der Waals surface area contributed by atoms with E-state index in [0.717, 1.165) is 116 Å². The molecule has 0 bridgehead atoms. The van der Waals surface area contributed by atoms with E-state index in [2.05, 4.69) is 92.8 Å². The first kappa shape index (κ1) is 49.3. The van der Waals surface area contributed by atoms with Crippen molar-refractivity contribution in [3.8, 4) is 45.3 Å². The lowest BCUT2D eigenvalue weighted by Gasteiger charge is -2.32. The quantitative estimate of drug-likeness (QED) is 0.133. The summed E-state index contributed by atoms with van der Waals surface area (Å²) in [6, 6.07) is 27.5. The number of fused-ring (bicyclic) bond motifs is 2. The number of aromatic nitrogens is 10. The number of piperazine rings is 2. The third-order valence-electron chi connectivity index (χ3n) is 12.5. The summed E-state index contributed by atoms with van der Waals surface area (Å²) >= 11 is 3.85. The second-order valence-corrected chi connectivity index (χ2v) is 19.8. The normalized spacial score (nSPS) is 15.3. The number of sulfone groups is 1. The van der Waals surface area contributed by atoms with Gasteiger partial charge in [0.25, 0.3) is 0 Å². The Morgan fingerprint density at radius 1 is 0.507 bits per heavy atom. The van der Waals surface area contributed by atoms with Crippen molar-refractivity contribution >= 4 is 47.8 Å². The van der Waals surface area contributed by atoms with Crippen LogP contribution in [0.15, 0.2) is 107 Å². The minimum atomic E-state index is -3.64. The van der Waals surface area contributed by atoms with E-state index >= 15 is 0 Å². The highest BCUT2D eigenvalue weighted by Gasteiger charge is 2.29. The van der Waals surface area contributed by atoms with Crippen molar-refractivity contribution in [1.29, 1.82) is 0 Å². The van der Waals surface area contributed by atoms with Crippen LogP contribution in [0.3, 0.4) is 0 Å². The average Bonchev–Trinajstić information content (AvgIpc) is 4.11. The molecule has 2 aromatic carbocycles. The molecule has 67 heavy (non-hydrogen) atoms. The van der Waals surface area contributed by atoms with Crippen molar-refractivity contribution in [2.24, 2.45) is 14.1 Å². The number of likely N-dealkylation sites (N-methyl/N-ethyl adjacent to an activating group) is 2. The van der Waals surface area contributed by atoms with Crippen LogP contribution >= 0.6 is 15.9 Å². The van der Waals surface area contributed by atoms with Gasteiger partial charge in [-0.15, -0.1) is 20.4 Å². The van der Waals surface area contributed by atoms with E-state index in [9.17, 15) is 8.42 Å². The second kappa shape index (κ2) is 21.1. The maximum Gasteiger partial charge on any atom is 0.182 e. The molecule has 16 nitrogen and oxygen atoms in total. The van der Waals surface area contributed by atoms with Gasteiger partial charge in [0.15, 0.2) is 21.1 Å². The molecule has 2 aliphatic rings. The first-order chi connectivity index (χ1) is 31.4. The van der Waals surface area contributed by atoms with E-state index in [4.69, 9.17) is 10.2 Å². The molecule has 18 heteroatoms. The van der Waals surface area contributed by atoms with Gasteiger partial charge in [-0.05, 0) is 54.3 Å². The van der Waals surface area contributed by atoms with Crippen molar-refractivity contribution in [3.05, 3.63) is 102 Å². The van der Waals surface area contributed by atoms with Gasteiger partial charge in [0, 0.05) is 109 Å². The molecule has 2 saturated heterocycles. The van der Waals surface area contributed by atoms with Crippen LogP contribution in [0.25, 0.3) is 67.4 Å². The summed E-state index contributed by atoms with van der Waals surface area (Å²) in [5.74, 6) is 0. The molecule has 0 aliphatic carbocycles. The summed E-state index contributed by atoms with van der Waals surface area (Å²) in [5, 5.41) is 29.6. The lowest BCUT2D eigenvalue weighted by molar-refractivity contribution is 0.149. The molecular formula is C49H63BrN14O2S. The van der Waals surface area contributed by atoms with E-state index in [-0.39, 0.29) is 19.7 Å². The molecule has 0 atom stereocenters. The van der Waals surface area contributed by atoms with Crippen molar-refractivity contribution in [2.75, 3.05) is 85.8 Å². The zero-order valence-corrected chi connectivity index (χ0v) is 40.0. The minimum Gasteiger partial charge on any atom is -0.349 e. The largest absolute Gasteiger partial charge is 0.349 e. The zero-order chi connectivity index (χ0) is 45.2. The predicted octanol–water partition coefficient (Wildman–Crippen LogP) is 6.93. The molecule has 0 radical (unpaired) electrons. The summed E-state index contributed by atoms with van der Waals surface area (Å²) < 4.78 is 35.1. The summed E-state index contributed by atoms with van der Waals surface area (Å²) in [7, 11) is 4.65. The Labute approximate surface area is 402 Å². The van der Waals surface area contributed by atoms with Gasteiger partial charge in [-0.25, -0.2) is 17.8 Å². The fourth-order valence-corrected chi connectivity index (χ4v) is 10.4. The van der Waals surface area contributed by atoms with Gasteiger partial charge < -0.3 is 18.9 Å². The molecule has 6 aromatic heterocycles. The van der Waals surface area contributed by atoms with Crippen LogP contribution in [0.1, 0.15) is 14.9 Å². The fraction of sp³-hybridized carbons (Fsp3) is 0.388. The molecule has 354 valence electrons. The molecule has 2 aliphatic heterocycles. The molecule has 10 rings (SSSR count). The SMILES string of the molecule is C.C.CN1CCN(CCn2nc(-c3cccn3C)c3c(Br)c(-c4ccccc4)nnc32)CC1.CN1CCN(CCn2nc(-c3cccn3C)c3c(S(C)(=O)=O)c(-c4ccccc4)nnc32)CC1. The monoisotopic (exact) mass is 990 g/mol. The average molecular weight is 992 g/mol. The first-order valence-corrected chi connectivity index (χ1v) is 24.7. The van der Waals surface area contributed by atoms with Crippen molar-refractivity contribution < 1.29 is 8.42 Å². The minimum absolute atomic E-state index is 0. The Morgan fingerprint density at radius 3 is 1.36 bits per heavy atom. The van der Waals surface area contributed by atoms with Crippen LogP contribution in [-0.2, 0) is 37.0 Å². The summed E-state index contributed by atoms with van der Waals surface area (Å²) in [6.45, 7) is 11.6. The van der Waals surface area contributed by atoms with E-state index in [1.165, 1.54) is 6.26 Å². The maximum atomic E-state index is 13.2. The number of nitrogens with zero attached hydrogens (tertiary/aromatic N) is 14. The summed E-state index contributed by atoms with van der Waals surface area (Å²) in [4.78, 5) is 9.77. The highest BCUT2D eigenvalue weighted by Crippen LogP contribution is 2.39. The van der Waals surface area contributed by atoms with Gasteiger partial charge in [-0.1, -0.05) is 75.5 Å². The lowest BCUT2D eigenvalue weighted by atomic mass is 10.1. The standard InChI is InChI=1S/C24H29N7O2S.C23H26BrN7.2CH4/c1-28-12-14-30(15-13-28)16-17-31-24-20(22(27-31)19-10-7-11-29(19)2)23(34(3,32)33)21(25-26-24)18-8-5-4-6-9-18;1-28-11-13-30(14-12-28)15-16-31-23-19(22(27-31)18-9-6-10-29(18)2)20(24)21(25-26-23)17-7-4-3-5-8-17;;/h4-11H,12-17H2,1-3H3;3-10H,11-16H2,1-2H3;2*1H4. The molecule has 2 fully saturated rings. The Balaban J connectivity index is 0.000000194. The third-order valence-corrected chi connectivity index (χ3v) is 14.4. The van der Waals surface area contributed by atoms with Gasteiger partial charge in [0.1, 0.15) is 27.7 Å². The molecular weight excluding hydrogens is 929 g/mol. The van der Waals surface area contributed by atoms with Crippen molar-refractivity contribution in [3.63, 3.8) is 0 Å². The number of aryl methyl sites for hydroxylation is 2. The number of benzene rings is 2. The number of rotatable bonds is 11. The summed E-state index contributed by atoms with van der Waals surface area (Å²) in [6.07, 6.45) is 5.20. The smallest absolute Gasteiger partial charge is 0.182 e. The van der Waals surface area contributed by atoms with Crippen LogP contribution < -0.4 is 0 Å². The van der Waals surface area contributed by atoms with E-state index in [1.807, 2.05) is 107 Å². The molecule has 0 saturated carbocycles. The van der Waals surface area contributed by atoms with E-state index in [1.54, 1.807) is 0 Å². The maximum absolute atomic E-state index is 13.2. The number of halogens is 1.